The molecule has 146 valence electrons. The van der Waals surface area contributed by atoms with Crippen molar-refractivity contribution in [3.05, 3.63) is 69.8 Å². The predicted octanol–water partition coefficient (Wildman–Crippen LogP) is 5.72. The van der Waals surface area contributed by atoms with Crippen molar-refractivity contribution in [3.63, 3.8) is 0 Å². The number of rotatable bonds is 5. The van der Waals surface area contributed by atoms with Crippen LogP contribution in [-0.4, -0.2) is 18.3 Å². The molecule has 0 radical (unpaired) electrons. The number of aliphatic hydroxyl groups is 1. The second-order valence-corrected chi connectivity index (χ2v) is 8.26. The Morgan fingerprint density at radius 3 is 1.93 bits per heavy atom. The fraction of sp³-hybridized carbons (Fsp3) is 0.520. The summed E-state index contributed by atoms with van der Waals surface area (Å²) in [5.74, 6) is 0. The molecule has 0 saturated carbocycles. The molecule has 1 fully saturated rings. The standard InChI is InChI=1S/C25H34O2/c1-6-24(7-2,21-9-8-18(3)19(4)16-21)22-10-11-23(20(5)17-22)25(26)12-14-27-15-13-25/h8-11,16-17,26H,6-7,12-15H2,1-5H3. The first-order chi connectivity index (χ1) is 12.9. The second-order valence-electron chi connectivity index (χ2n) is 8.26. The lowest BCUT2D eigenvalue weighted by atomic mass is 9.69. The van der Waals surface area contributed by atoms with E-state index in [-0.39, 0.29) is 5.41 Å². The van der Waals surface area contributed by atoms with E-state index in [1.54, 1.807) is 0 Å². The lowest BCUT2D eigenvalue weighted by Gasteiger charge is -2.37. The van der Waals surface area contributed by atoms with Crippen molar-refractivity contribution in [2.45, 2.75) is 71.3 Å². The van der Waals surface area contributed by atoms with E-state index in [1.165, 1.54) is 27.8 Å². The van der Waals surface area contributed by atoms with Gasteiger partial charge in [0.25, 0.3) is 0 Å². The highest BCUT2D eigenvalue weighted by atomic mass is 16.5. The molecule has 2 heteroatoms. The molecule has 0 aromatic heterocycles. The molecule has 0 aliphatic carbocycles. The number of hydrogen-bond acceptors (Lipinski definition) is 2. The largest absolute Gasteiger partial charge is 0.385 e. The summed E-state index contributed by atoms with van der Waals surface area (Å²) >= 11 is 0. The zero-order valence-electron chi connectivity index (χ0n) is 17.6. The molecule has 1 aliphatic heterocycles. The third-order valence-corrected chi connectivity index (χ3v) is 6.87. The smallest absolute Gasteiger partial charge is 0.0942 e. The van der Waals surface area contributed by atoms with Crippen molar-refractivity contribution in [1.29, 1.82) is 0 Å². The zero-order valence-corrected chi connectivity index (χ0v) is 17.6. The normalized spacial score (nSPS) is 17.1. The number of benzene rings is 2. The summed E-state index contributed by atoms with van der Waals surface area (Å²) in [5, 5.41) is 11.1. The van der Waals surface area contributed by atoms with Crippen LogP contribution in [0, 0.1) is 20.8 Å². The van der Waals surface area contributed by atoms with E-state index in [2.05, 4.69) is 71.0 Å². The molecule has 1 aliphatic rings. The van der Waals surface area contributed by atoms with Crippen molar-refractivity contribution >= 4 is 0 Å². The van der Waals surface area contributed by atoms with Gasteiger partial charge in [-0.05, 0) is 67.0 Å². The Labute approximate surface area is 164 Å². The van der Waals surface area contributed by atoms with Gasteiger partial charge in [0.05, 0.1) is 5.60 Å². The molecule has 1 N–H and O–H groups in total. The fourth-order valence-electron chi connectivity index (χ4n) is 4.73. The molecule has 0 spiro atoms. The summed E-state index contributed by atoms with van der Waals surface area (Å²) in [6, 6.07) is 13.6. The van der Waals surface area contributed by atoms with Gasteiger partial charge in [-0.3, -0.25) is 0 Å². The van der Waals surface area contributed by atoms with Crippen molar-refractivity contribution in [2.75, 3.05) is 13.2 Å². The summed E-state index contributed by atoms with van der Waals surface area (Å²) in [6.45, 7) is 12.4. The van der Waals surface area contributed by atoms with Crippen LogP contribution in [-0.2, 0) is 15.8 Å². The minimum absolute atomic E-state index is 0.0139. The molecule has 27 heavy (non-hydrogen) atoms. The highest BCUT2D eigenvalue weighted by molar-refractivity contribution is 5.46. The van der Waals surface area contributed by atoms with Crippen LogP contribution in [0.4, 0.5) is 0 Å². The van der Waals surface area contributed by atoms with E-state index >= 15 is 0 Å². The first-order valence-electron chi connectivity index (χ1n) is 10.4. The van der Waals surface area contributed by atoms with E-state index in [1.807, 2.05) is 0 Å². The average molecular weight is 367 g/mol. The Kier molecular flexibility index (Phi) is 5.79. The van der Waals surface area contributed by atoms with E-state index in [9.17, 15) is 5.11 Å². The molecule has 2 nitrogen and oxygen atoms in total. The maximum absolute atomic E-state index is 11.1. The van der Waals surface area contributed by atoms with E-state index in [0.717, 1.165) is 18.4 Å². The Hall–Kier alpha value is -1.64. The summed E-state index contributed by atoms with van der Waals surface area (Å²) in [7, 11) is 0. The topological polar surface area (TPSA) is 29.5 Å². The summed E-state index contributed by atoms with van der Waals surface area (Å²) in [4.78, 5) is 0. The maximum Gasteiger partial charge on any atom is 0.0942 e. The van der Waals surface area contributed by atoms with Gasteiger partial charge in [-0.2, -0.15) is 0 Å². The molecular weight excluding hydrogens is 332 g/mol. The van der Waals surface area contributed by atoms with Crippen LogP contribution in [0.15, 0.2) is 36.4 Å². The van der Waals surface area contributed by atoms with Crippen LogP contribution >= 0.6 is 0 Å². The van der Waals surface area contributed by atoms with Gasteiger partial charge in [0.1, 0.15) is 0 Å². The van der Waals surface area contributed by atoms with Crippen molar-refractivity contribution in [3.8, 4) is 0 Å². The maximum atomic E-state index is 11.1. The first-order valence-corrected chi connectivity index (χ1v) is 10.4. The molecule has 0 atom stereocenters. The van der Waals surface area contributed by atoms with E-state index in [4.69, 9.17) is 4.74 Å². The number of hydrogen-bond donors (Lipinski definition) is 1. The van der Waals surface area contributed by atoms with Crippen LogP contribution in [0.2, 0.25) is 0 Å². The monoisotopic (exact) mass is 366 g/mol. The van der Waals surface area contributed by atoms with Gasteiger partial charge in [-0.1, -0.05) is 50.2 Å². The molecule has 0 amide bonds. The van der Waals surface area contributed by atoms with Gasteiger partial charge in [-0.15, -0.1) is 0 Å². The van der Waals surface area contributed by atoms with Crippen LogP contribution in [0.25, 0.3) is 0 Å². The summed E-state index contributed by atoms with van der Waals surface area (Å²) < 4.78 is 5.46. The van der Waals surface area contributed by atoms with Crippen molar-refractivity contribution in [1.82, 2.24) is 0 Å². The molecule has 3 rings (SSSR count). The average Bonchev–Trinajstić information content (AvgIpc) is 2.66. The van der Waals surface area contributed by atoms with Gasteiger partial charge in [0, 0.05) is 31.5 Å². The number of ether oxygens (including phenoxy) is 1. The predicted molar refractivity (Wildman–Crippen MR) is 112 cm³/mol. The Bertz CT molecular complexity index is 796. The third kappa shape index (κ3) is 3.58. The van der Waals surface area contributed by atoms with Gasteiger partial charge in [0.2, 0.25) is 0 Å². The van der Waals surface area contributed by atoms with Crippen LogP contribution in [0.1, 0.15) is 72.9 Å². The molecule has 0 unspecified atom stereocenters. The highest BCUT2D eigenvalue weighted by Gasteiger charge is 2.35. The molecule has 2 aromatic carbocycles. The lowest BCUT2D eigenvalue weighted by Crippen LogP contribution is -2.34. The van der Waals surface area contributed by atoms with Crippen molar-refractivity contribution in [2.24, 2.45) is 0 Å². The zero-order chi connectivity index (χ0) is 19.7. The van der Waals surface area contributed by atoms with Gasteiger partial charge < -0.3 is 9.84 Å². The molecule has 0 bridgehead atoms. The Morgan fingerprint density at radius 2 is 1.41 bits per heavy atom. The van der Waals surface area contributed by atoms with Gasteiger partial charge in [0.15, 0.2) is 0 Å². The summed E-state index contributed by atoms with van der Waals surface area (Å²) in [6.07, 6.45) is 3.47. The molecular formula is C25H34O2. The SMILES string of the molecule is CCC(CC)(c1ccc(C)c(C)c1)c1ccc(C2(O)CCOCC2)c(C)c1. The second kappa shape index (κ2) is 7.77. The van der Waals surface area contributed by atoms with Crippen LogP contribution < -0.4 is 0 Å². The highest BCUT2D eigenvalue weighted by Crippen LogP contribution is 2.42. The Morgan fingerprint density at radius 1 is 0.852 bits per heavy atom. The number of aryl methyl sites for hydroxylation is 3. The van der Waals surface area contributed by atoms with E-state index in [0.29, 0.717) is 26.1 Å². The molecule has 1 saturated heterocycles. The fourth-order valence-corrected chi connectivity index (χ4v) is 4.73. The molecule has 2 aromatic rings. The van der Waals surface area contributed by atoms with Gasteiger partial charge >= 0.3 is 0 Å². The lowest BCUT2D eigenvalue weighted by molar-refractivity contribution is -0.0682. The Balaban J connectivity index is 2.06. The van der Waals surface area contributed by atoms with Gasteiger partial charge in [-0.25, -0.2) is 0 Å². The van der Waals surface area contributed by atoms with Crippen LogP contribution in [0.3, 0.4) is 0 Å². The van der Waals surface area contributed by atoms with Crippen LogP contribution in [0.5, 0.6) is 0 Å². The van der Waals surface area contributed by atoms with E-state index < -0.39 is 5.60 Å². The summed E-state index contributed by atoms with van der Waals surface area (Å²) in [5.41, 5.74) is 6.96. The minimum atomic E-state index is -0.748. The molecule has 1 heterocycles. The minimum Gasteiger partial charge on any atom is -0.385 e. The third-order valence-electron chi connectivity index (χ3n) is 6.87. The first kappa shape index (κ1) is 20.1. The van der Waals surface area contributed by atoms with Crippen molar-refractivity contribution < 1.29 is 9.84 Å². The quantitative estimate of drug-likeness (QED) is 0.734.